The van der Waals surface area contributed by atoms with Crippen molar-refractivity contribution in [3.8, 4) is 5.75 Å². The molecule has 0 aliphatic carbocycles. The van der Waals surface area contributed by atoms with Crippen molar-refractivity contribution in [3.05, 3.63) is 29.3 Å². The molecule has 0 amide bonds. The summed E-state index contributed by atoms with van der Waals surface area (Å²) < 4.78 is 10.9. The molecule has 2 aliphatic heterocycles. The largest absolute Gasteiger partial charge is 0.493 e. The molecule has 0 aromatic heterocycles. The van der Waals surface area contributed by atoms with Crippen molar-refractivity contribution in [1.82, 2.24) is 0 Å². The smallest absolute Gasteiger partial charge is 0.122 e. The van der Waals surface area contributed by atoms with Crippen LogP contribution in [0.4, 0.5) is 0 Å². The van der Waals surface area contributed by atoms with Crippen molar-refractivity contribution in [3.63, 3.8) is 0 Å². The third-order valence-corrected chi connectivity index (χ3v) is 4.15. The van der Waals surface area contributed by atoms with Gasteiger partial charge in [0.1, 0.15) is 5.75 Å². The standard InChI is InChI=1S/C16H22O3/c17-15(10-13-5-7-18-11-13)3-1-12-2-4-16-14(9-12)6-8-19-16/h2,4,9,13,15,17H,1,3,5-8,10-11H2. The van der Waals surface area contributed by atoms with Crippen molar-refractivity contribution in [2.75, 3.05) is 19.8 Å². The molecule has 104 valence electrons. The summed E-state index contributed by atoms with van der Waals surface area (Å²) in [5.74, 6) is 1.59. The maximum atomic E-state index is 10.1. The second-order valence-corrected chi connectivity index (χ2v) is 5.70. The molecule has 3 nitrogen and oxygen atoms in total. The minimum atomic E-state index is -0.198. The monoisotopic (exact) mass is 262 g/mol. The van der Waals surface area contributed by atoms with Crippen LogP contribution in [0.25, 0.3) is 0 Å². The Balaban J connectivity index is 1.48. The van der Waals surface area contributed by atoms with E-state index in [1.54, 1.807) is 0 Å². The topological polar surface area (TPSA) is 38.7 Å². The molecule has 1 fully saturated rings. The van der Waals surface area contributed by atoms with Crippen LogP contribution in [0.5, 0.6) is 5.75 Å². The van der Waals surface area contributed by atoms with E-state index in [-0.39, 0.29) is 6.10 Å². The molecular formula is C16H22O3. The number of ether oxygens (including phenoxy) is 2. The first-order valence-corrected chi connectivity index (χ1v) is 7.31. The van der Waals surface area contributed by atoms with Crippen LogP contribution >= 0.6 is 0 Å². The van der Waals surface area contributed by atoms with Crippen LogP contribution in [-0.2, 0) is 17.6 Å². The van der Waals surface area contributed by atoms with Crippen LogP contribution in [0.15, 0.2) is 18.2 Å². The summed E-state index contributed by atoms with van der Waals surface area (Å²) in [5, 5.41) is 10.1. The van der Waals surface area contributed by atoms with Gasteiger partial charge >= 0.3 is 0 Å². The van der Waals surface area contributed by atoms with Gasteiger partial charge in [-0.1, -0.05) is 12.1 Å². The Morgan fingerprint density at radius 2 is 2.26 bits per heavy atom. The molecule has 0 radical (unpaired) electrons. The predicted molar refractivity (Wildman–Crippen MR) is 73.5 cm³/mol. The van der Waals surface area contributed by atoms with Gasteiger partial charge in [0.2, 0.25) is 0 Å². The fourth-order valence-corrected chi connectivity index (χ4v) is 3.00. The average Bonchev–Trinajstić information content (AvgIpc) is 3.06. The number of hydrogen-bond acceptors (Lipinski definition) is 3. The molecule has 0 spiro atoms. The quantitative estimate of drug-likeness (QED) is 0.885. The van der Waals surface area contributed by atoms with Crippen molar-refractivity contribution >= 4 is 0 Å². The van der Waals surface area contributed by atoms with Gasteiger partial charge in [0, 0.05) is 19.6 Å². The molecule has 0 saturated carbocycles. The van der Waals surface area contributed by atoms with E-state index in [1.807, 2.05) is 0 Å². The van der Waals surface area contributed by atoms with E-state index >= 15 is 0 Å². The number of benzene rings is 1. The van der Waals surface area contributed by atoms with Crippen LogP contribution in [0.2, 0.25) is 0 Å². The van der Waals surface area contributed by atoms with Gasteiger partial charge in [-0.2, -0.15) is 0 Å². The highest BCUT2D eigenvalue weighted by Gasteiger charge is 2.19. The summed E-state index contributed by atoms with van der Waals surface area (Å²) in [7, 11) is 0. The molecule has 1 aromatic rings. The van der Waals surface area contributed by atoms with Gasteiger partial charge in [0.25, 0.3) is 0 Å². The van der Waals surface area contributed by atoms with Gasteiger partial charge < -0.3 is 14.6 Å². The minimum absolute atomic E-state index is 0.198. The summed E-state index contributed by atoms with van der Waals surface area (Å²) in [6.45, 7) is 2.50. The lowest BCUT2D eigenvalue weighted by molar-refractivity contribution is 0.122. The first kappa shape index (κ1) is 12.9. The van der Waals surface area contributed by atoms with Crippen LogP contribution in [-0.4, -0.2) is 31.0 Å². The fourth-order valence-electron chi connectivity index (χ4n) is 3.00. The highest BCUT2D eigenvalue weighted by atomic mass is 16.5. The Labute approximate surface area is 114 Å². The van der Waals surface area contributed by atoms with E-state index in [4.69, 9.17) is 9.47 Å². The number of rotatable bonds is 5. The molecule has 3 rings (SSSR count). The van der Waals surface area contributed by atoms with Crippen molar-refractivity contribution in [1.29, 1.82) is 0 Å². The van der Waals surface area contributed by atoms with E-state index < -0.39 is 0 Å². The molecule has 2 atom stereocenters. The zero-order valence-corrected chi connectivity index (χ0v) is 11.3. The summed E-state index contributed by atoms with van der Waals surface area (Å²) in [4.78, 5) is 0. The van der Waals surface area contributed by atoms with Crippen LogP contribution in [0, 0.1) is 5.92 Å². The predicted octanol–water partition coefficient (Wildman–Crippen LogP) is 2.34. The van der Waals surface area contributed by atoms with Crippen molar-refractivity contribution in [2.24, 2.45) is 5.92 Å². The van der Waals surface area contributed by atoms with Crippen LogP contribution in [0.3, 0.4) is 0 Å². The van der Waals surface area contributed by atoms with Gasteiger partial charge in [-0.25, -0.2) is 0 Å². The van der Waals surface area contributed by atoms with E-state index in [1.165, 1.54) is 11.1 Å². The Kier molecular flexibility index (Phi) is 4.04. The Bertz CT molecular complexity index is 424. The summed E-state index contributed by atoms with van der Waals surface area (Å²) in [6, 6.07) is 6.41. The van der Waals surface area contributed by atoms with E-state index in [2.05, 4.69) is 18.2 Å². The lowest BCUT2D eigenvalue weighted by atomic mass is 9.96. The number of aliphatic hydroxyl groups is 1. The maximum absolute atomic E-state index is 10.1. The Morgan fingerprint density at radius 1 is 1.32 bits per heavy atom. The highest BCUT2D eigenvalue weighted by Crippen LogP contribution is 2.27. The molecule has 19 heavy (non-hydrogen) atoms. The van der Waals surface area contributed by atoms with Gasteiger partial charge in [0.05, 0.1) is 12.7 Å². The van der Waals surface area contributed by atoms with Crippen molar-refractivity contribution in [2.45, 2.75) is 38.2 Å². The molecule has 1 aromatic carbocycles. The van der Waals surface area contributed by atoms with E-state index in [9.17, 15) is 5.11 Å². The molecule has 1 N–H and O–H groups in total. The average molecular weight is 262 g/mol. The second-order valence-electron chi connectivity index (χ2n) is 5.70. The molecule has 2 heterocycles. The summed E-state index contributed by atoms with van der Waals surface area (Å²) >= 11 is 0. The van der Waals surface area contributed by atoms with E-state index in [0.717, 1.165) is 57.7 Å². The van der Waals surface area contributed by atoms with Crippen LogP contribution in [0.1, 0.15) is 30.4 Å². The molecule has 2 unspecified atom stereocenters. The molecule has 3 heteroatoms. The maximum Gasteiger partial charge on any atom is 0.122 e. The highest BCUT2D eigenvalue weighted by molar-refractivity contribution is 5.39. The Morgan fingerprint density at radius 3 is 3.11 bits per heavy atom. The van der Waals surface area contributed by atoms with Crippen LogP contribution < -0.4 is 4.74 Å². The fraction of sp³-hybridized carbons (Fsp3) is 0.625. The molecular weight excluding hydrogens is 240 g/mol. The number of fused-ring (bicyclic) bond motifs is 1. The van der Waals surface area contributed by atoms with Gasteiger partial charge in [-0.15, -0.1) is 0 Å². The summed E-state index contributed by atoms with van der Waals surface area (Å²) in [5.41, 5.74) is 2.63. The van der Waals surface area contributed by atoms with Gasteiger partial charge in [0.15, 0.2) is 0 Å². The number of hydrogen-bond donors (Lipinski definition) is 1. The molecule has 0 bridgehead atoms. The zero-order chi connectivity index (χ0) is 13.1. The van der Waals surface area contributed by atoms with E-state index in [0.29, 0.717) is 5.92 Å². The third-order valence-electron chi connectivity index (χ3n) is 4.15. The lowest BCUT2D eigenvalue weighted by Crippen LogP contribution is -2.14. The lowest BCUT2D eigenvalue weighted by Gasteiger charge is -2.14. The minimum Gasteiger partial charge on any atom is -0.493 e. The first-order valence-electron chi connectivity index (χ1n) is 7.31. The van der Waals surface area contributed by atoms with Gasteiger partial charge in [-0.3, -0.25) is 0 Å². The number of aryl methyl sites for hydroxylation is 1. The van der Waals surface area contributed by atoms with Crippen molar-refractivity contribution < 1.29 is 14.6 Å². The number of aliphatic hydroxyl groups excluding tert-OH is 1. The SMILES string of the molecule is OC(CCc1ccc2c(c1)CCO2)CC1CCOC1. The normalized spacial score (nSPS) is 23.1. The first-order chi connectivity index (χ1) is 9.31. The second kappa shape index (κ2) is 5.93. The Hall–Kier alpha value is -1.06. The molecule has 2 aliphatic rings. The zero-order valence-electron chi connectivity index (χ0n) is 11.3. The third kappa shape index (κ3) is 3.28. The molecule has 1 saturated heterocycles. The van der Waals surface area contributed by atoms with Gasteiger partial charge in [-0.05, 0) is 48.8 Å². The summed E-state index contributed by atoms with van der Waals surface area (Å²) in [6.07, 6.45) is 4.60.